The molecule has 0 unspecified atom stereocenters. The van der Waals surface area contributed by atoms with Gasteiger partial charge in [0.25, 0.3) is 0 Å². The molecule has 0 aliphatic rings. The van der Waals surface area contributed by atoms with Crippen molar-refractivity contribution in [3.8, 4) is 0 Å². The zero-order valence-corrected chi connectivity index (χ0v) is 17.3. The van der Waals surface area contributed by atoms with Crippen molar-refractivity contribution in [1.82, 2.24) is 0 Å². The van der Waals surface area contributed by atoms with E-state index in [9.17, 15) is 14.0 Å². The number of anilines is 2. The highest BCUT2D eigenvalue weighted by Crippen LogP contribution is 2.22. The maximum atomic E-state index is 13.2. The third kappa shape index (κ3) is 6.76. The molecule has 30 heavy (non-hydrogen) atoms. The van der Waals surface area contributed by atoms with Gasteiger partial charge in [0.1, 0.15) is 5.82 Å². The number of carbonyl (C=O) groups excluding carboxylic acids is 2. The molecule has 3 aromatic carbocycles. The lowest BCUT2D eigenvalue weighted by atomic mass is 10.2. The molecular formula is C23H18ClFN2O2S. The minimum atomic E-state index is -0.535. The van der Waals surface area contributed by atoms with Crippen LogP contribution in [0.3, 0.4) is 0 Å². The number of hydrogen-bond donors (Lipinski definition) is 2. The van der Waals surface area contributed by atoms with Gasteiger partial charge >= 0.3 is 0 Å². The molecule has 3 aromatic rings. The molecule has 2 amide bonds. The van der Waals surface area contributed by atoms with Crippen LogP contribution in [0.5, 0.6) is 0 Å². The molecule has 0 fully saturated rings. The quantitative estimate of drug-likeness (QED) is 0.357. The van der Waals surface area contributed by atoms with Crippen molar-refractivity contribution in [2.45, 2.75) is 4.90 Å². The van der Waals surface area contributed by atoms with E-state index in [-0.39, 0.29) is 22.6 Å². The number of carbonyl (C=O) groups is 2. The van der Waals surface area contributed by atoms with Crippen LogP contribution in [0, 0.1) is 5.82 Å². The van der Waals surface area contributed by atoms with Crippen LogP contribution in [-0.4, -0.2) is 17.6 Å². The van der Waals surface area contributed by atoms with E-state index in [1.165, 1.54) is 36.0 Å². The molecular weight excluding hydrogens is 423 g/mol. The van der Waals surface area contributed by atoms with Gasteiger partial charge in [0.15, 0.2) is 0 Å². The molecule has 2 N–H and O–H groups in total. The van der Waals surface area contributed by atoms with E-state index in [4.69, 9.17) is 11.6 Å². The Bertz CT molecular complexity index is 1060. The first kappa shape index (κ1) is 21.6. The lowest BCUT2D eigenvalue weighted by Gasteiger charge is -2.07. The van der Waals surface area contributed by atoms with Crippen LogP contribution in [0.1, 0.15) is 5.56 Å². The lowest BCUT2D eigenvalue weighted by molar-refractivity contribution is -0.114. The van der Waals surface area contributed by atoms with Crippen molar-refractivity contribution < 1.29 is 14.0 Å². The number of halogens is 2. The largest absolute Gasteiger partial charge is 0.325 e. The molecule has 0 radical (unpaired) electrons. The summed E-state index contributed by atoms with van der Waals surface area (Å²) in [6.07, 6.45) is 3.22. The second kappa shape index (κ2) is 10.6. The van der Waals surface area contributed by atoms with E-state index in [1.54, 1.807) is 18.2 Å². The molecule has 0 heterocycles. The average molecular weight is 441 g/mol. The maximum absolute atomic E-state index is 13.2. The van der Waals surface area contributed by atoms with Gasteiger partial charge in [-0.05, 0) is 54.1 Å². The van der Waals surface area contributed by atoms with E-state index < -0.39 is 5.82 Å². The average Bonchev–Trinajstić information content (AvgIpc) is 2.75. The number of hydrogen-bond acceptors (Lipinski definition) is 3. The zero-order chi connectivity index (χ0) is 21.3. The summed E-state index contributed by atoms with van der Waals surface area (Å²) in [4.78, 5) is 24.9. The van der Waals surface area contributed by atoms with Gasteiger partial charge in [-0.1, -0.05) is 41.9 Å². The predicted molar refractivity (Wildman–Crippen MR) is 121 cm³/mol. The topological polar surface area (TPSA) is 58.2 Å². The van der Waals surface area contributed by atoms with Gasteiger partial charge in [-0.25, -0.2) is 4.39 Å². The number of benzene rings is 3. The van der Waals surface area contributed by atoms with Gasteiger partial charge in [0, 0.05) is 22.3 Å². The normalized spacial score (nSPS) is 10.7. The second-order valence-corrected chi connectivity index (χ2v) is 7.68. The number of nitrogens with one attached hydrogen (secondary N) is 2. The minimum Gasteiger partial charge on any atom is -0.325 e. The van der Waals surface area contributed by atoms with E-state index in [2.05, 4.69) is 10.6 Å². The number of thioether (sulfide) groups is 1. The van der Waals surface area contributed by atoms with Gasteiger partial charge in [0.2, 0.25) is 11.8 Å². The van der Waals surface area contributed by atoms with Crippen LogP contribution in [0.4, 0.5) is 15.8 Å². The summed E-state index contributed by atoms with van der Waals surface area (Å²) >= 11 is 7.05. The van der Waals surface area contributed by atoms with Crippen molar-refractivity contribution in [2.24, 2.45) is 0 Å². The van der Waals surface area contributed by atoms with Gasteiger partial charge in [-0.15, -0.1) is 11.8 Å². The van der Waals surface area contributed by atoms with Gasteiger partial charge in [-0.3, -0.25) is 9.59 Å². The summed E-state index contributed by atoms with van der Waals surface area (Å²) < 4.78 is 13.2. The SMILES string of the molecule is O=C(/C=C/c1ccccc1)Nc1ccc(SCC(=O)Nc2ccc(F)c(Cl)c2)cc1. The maximum Gasteiger partial charge on any atom is 0.248 e. The van der Waals surface area contributed by atoms with Crippen LogP contribution in [0.2, 0.25) is 5.02 Å². The highest BCUT2D eigenvalue weighted by Gasteiger charge is 2.07. The third-order valence-electron chi connectivity index (χ3n) is 3.92. The Morgan fingerprint density at radius 1 is 0.933 bits per heavy atom. The van der Waals surface area contributed by atoms with Crippen molar-refractivity contribution in [2.75, 3.05) is 16.4 Å². The molecule has 0 atom stereocenters. The van der Waals surface area contributed by atoms with Crippen LogP contribution in [-0.2, 0) is 9.59 Å². The Morgan fingerprint density at radius 2 is 1.63 bits per heavy atom. The van der Waals surface area contributed by atoms with Crippen molar-refractivity contribution >= 4 is 52.6 Å². The fraction of sp³-hybridized carbons (Fsp3) is 0.0435. The molecule has 0 spiro atoms. The number of rotatable bonds is 7. The van der Waals surface area contributed by atoms with Crippen LogP contribution in [0.25, 0.3) is 6.08 Å². The van der Waals surface area contributed by atoms with Crippen LogP contribution < -0.4 is 10.6 Å². The Labute approximate surface area is 183 Å². The summed E-state index contributed by atoms with van der Waals surface area (Å²) in [7, 11) is 0. The zero-order valence-electron chi connectivity index (χ0n) is 15.8. The Morgan fingerprint density at radius 3 is 2.33 bits per heavy atom. The molecule has 0 saturated carbocycles. The lowest BCUT2D eigenvalue weighted by Crippen LogP contribution is -2.14. The number of amides is 2. The molecule has 0 aliphatic heterocycles. The summed E-state index contributed by atoms with van der Waals surface area (Å²) in [5.41, 5.74) is 2.04. The third-order valence-corrected chi connectivity index (χ3v) is 5.22. The van der Waals surface area contributed by atoms with Crippen molar-refractivity contribution in [1.29, 1.82) is 0 Å². The summed E-state index contributed by atoms with van der Waals surface area (Å²) in [6.45, 7) is 0. The first-order chi connectivity index (χ1) is 14.5. The standard InChI is InChI=1S/C23H18ClFN2O2S/c24-20-14-18(9-12-21(20)25)27-23(29)15-30-19-10-7-17(8-11-19)26-22(28)13-6-16-4-2-1-3-5-16/h1-14H,15H2,(H,26,28)(H,27,29)/b13-6+. The van der Waals surface area contributed by atoms with E-state index in [0.717, 1.165) is 10.5 Å². The fourth-order valence-electron chi connectivity index (χ4n) is 2.47. The first-order valence-electron chi connectivity index (χ1n) is 9.01. The first-order valence-corrected chi connectivity index (χ1v) is 10.4. The highest BCUT2D eigenvalue weighted by molar-refractivity contribution is 8.00. The van der Waals surface area contributed by atoms with E-state index in [0.29, 0.717) is 11.4 Å². The van der Waals surface area contributed by atoms with Gasteiger partial charge < -0.3 is 10.6 Å². The van der Waals surface area contributed by atoms with E-state index in [1.807, 2.05) is 42.5 Å². The second-order valence-electron chi connectivity index (χ2n) is 6.22. The molecule has 4 nitrogen and oxygen atoms in total. The highest BCUT2D eigenvalue weighted by atomic mass is 35.5. The van der Waals surface area contributed by atoms with Gasteiger partial charge in [-0.2, -0.15) is 0 Å². The Kier molecular flexibility index (Phi) is 7.65. The monoisotopic (exact) mass is 440 g/mol. The Hall–Kier alpha value is -3.09. The van der Waals surface area contributed by atoms with Crippen LogP contribution >= 0.6 is 23.4 Å². The smallest absolute Gasteiger partial charge is 0.248 e. The van der Waals surface area contributed by atoms with Crippen molar-refractivity contribution in [3.05, 3.63) is 95.3 Å². The molecule has 0 aromatic heterocycles. The summed E-state index contributed by atoms with van der Waals surface area (Å²) in [5, 5.41) is 5.41. The van der Waals surface area contributed by atoms with E-state index >= 15 is 0 Å². The minimum absolute atomic E-state index is 0.0447. The molecule has 0 saturated heterocycles. The Balaban J connectivity index is 1.47. The van der Waals surface area contributed by atoms with Crippen molar-refractivity contribution in [3.63, 3.8) is 0 Å². The summed E-state index contributed by atoms with van der Waals surface area (Å²) in [6, 6.07) is 20.8. The summed E-state index contributed by atoms with van der Waals surface area (Å²) in [5.74, 6) is -0.810. The molecule has 0 bridgehead atoms. The van der Waals surface area contributed by atoms with Crippen LogP contribution in [0.15, 0.2) is 83.8 Å². The molecule has 3 rings (SSSR count). The predicted octanol–water partition coefficient (Wildman–Crippen LogP) is 5.86. The molecule has 7 heteroatoms. The molecule has 0 aliphatic carbocycles. The fourth-order valence-corrected chi connectivity index (χ4v) is 3.35. The van der Waals surface area contributed by atoms with Gasteiger partial charge in [0.05, 0.1) is 10.8 Å². The molecule has 152 valence electrons.